The number of carbonyl (C=O) groups excluding carboxylic acids is 1. The van der Waals surface area contributed by atoms with Gasteiger partial charge in [-0.15, -0.1) is 0 Å². The summed E-state index contributed by atoms with van der Waals surface area (Å²) in [6, 6.07) is 14.0. The molecule has 29 heavy (non-hydrogen) atoms. The molecule has 0 spiro atoms. The van der Waals surface area contributed by atoms with Crippen LogP contribution in [0.3, 0.4) is 0 Å². The first kappa shape index (κ1) is 20.8. The van der Waals surface area contributed by atoms with Gasteiger partial charge in [0, 0.05) is 44.0 Å². The van der Waals surface area contributed by atoms with E-state index >= 15 is 0 Å². The van der Waals surface area contributed by atoms with Crippen LogP contribution < -0.4 is 15.1 Å². The Morgan fingerprint density at radius 1 is 1.10 bits per heavy atom. The Bertz CT molecular complexity index is 981. The third-order valence-electron chi connectivity index (χ3n) is 4.71. The molecule has 1 aliphatic rings. The van der Waals surface area contributed by atoms with Crippen LogP contribution in [0, 0.1) is 0 Å². The largest absolute Gasteiger partial charge is 0.497 e. The van der Waals surface area contributed by atoms with E-state index in [1.54, 1.807) is 19.2 Å². The van der Waals surface area contributed by atoms with Gasteiger partial charge in [-0.25, -0.2) is 13.9 Å². The summed E-state index contributed by atoms with van der Waals surface area (Å²) in [4.78, 5) is 13.4. The second-order valence-corrected chi connectivity index (χ2v) is 8.41. The van der Waals surface area contributed by atoms with Gasteiger partial charge in [0.25, 0.3) is 5.91 Å². The fraction of sp³-hybridized carbons (Fsp3) is 0.250. The quantitative estimate of drug-likeness (QED) is 0.422. The van der Waals surface area contributed by atoms with E-state index in [2.05, 4.69) is 4.90 Å². The highest BCUT2D eigenvalue weighted by atomic mass is 32.2. The molecule has 2 aromatic rings. The molecule has 9 heteroatoms. The molecule has 0 atom stereocenters. The van der Waals surface area contributed by atoms with Crippen LogP contribution in [-0.2, 0) is 14.8 Å². The molecule has 0 unspecified atom stereocenters. The monoisotopic (exact) mass is 417 g/mol. The van der Waals surface area contributed by atoms with E-state index in [4.69, 9.17) is 9.94 Å². The molecule has 1 heterocycles. The predicted octanol–water partition coefficient (Wildman–Crippen LogP) is 1.72. The van der Waals surface area contributed by atoms with Crippen LogP contribution in [0.4, 0.5) is 5.69 Å². The summed E-state index contributed by atoms with van der Waals surface area (Å²) in [5.74, 6) is 0.110. The first-order chi connectivity index (χ1) is 13.9. The van der Waals surface area contributed by atoms with Gasteiger partial charge >= 0.3 is 0 Å². The Morgan fingerprint density at radius 3 is 2.41 bits per heavy atom. The molecule has 2 aromatic carbocycles. The SMILES string of the molecule is COc1cccc(N2CCN(S(=O)(=O)c3ccc(C=CC(=O)NO)cc3)CC2)c1. The lowest BCUT2D eigenvalue weighted by molar-refractivity contribution is -0.124. The molecule has 1 aliphatic heterocycles. The number of nitrogens with zero attached hydrogens (tertiary/aromatic N) is 2. The molecule has 2 N–H and O–H groups in total. The molecule has 1 saturated heterocycles. The molecule has 1 fully saturated rings. The average Bonchev–Trinajstić information content (AvgIpc) is 2.77. The number of methoxy groups -OCH3 is 1. The van der Waals surface area contributed by atoms with Gasteiger partial charge in [-0.2, -0.15) is 4.31 Å². The number of ether oxygens (including phenoxy) is 1. The first-order valence-electron chi connectivity index (χ1n) is 9.05. The van der Waals surface area contributed by atoms with Gasteiger partial charge in [0.1, 0.15) is 5.75 Å². The smallest absolute Gasteiger partial charge is 0.267 e. The minimum absolute atomic E-state index is 0.205. The van der Waals surface area contributed by atoms with Gasteiger partial charge < -0.3 is 9.64 Å². The molecule has 1 amide bonds. The Hall–Kier alpha value is -2.88. The number of amides is 1. The summed E-state index contributed by atoms with van der Waals surface area (Å²) in [5.41, 5.74) is 3.15. The van der Waals surface area contributed by atoms with Crippen LogP contribution >= 0.6 is 0 Å². The maximum absolute atomic E-state index is 12.9. The van der Waals surface area contributed by atoms with Gasteiger partial charge in [0.05, 0.1) is 12.0 Å². The molecule has 0 radical (unpaired) electrons. The Labute approximate surface area is 170 Å². The van der Waals surface area contributed by atoms with Crippen molar-refractivity contribution in [3.05, 3.63) is 60.2 Å². The van der Waals surface area contributed by atoms with Gasteiger partial charge in [0.15, 0.2) is 0 Å². The van der Waals surface area contributed by atoms with Crippen LogP contribution in [0.5, 0.6) is 5.75 Å². The molecular weight excluding hydrogens is 394 g/mol. The topological polar surface area (TPSA) is 99.2 Å². The Morgan fingerprint density at radius 2 is 1.79 bits per heavy atom. The van der Waals surface area contributed by atoms with Crippen molar-refractivity contribution in [2.24, 2.45) is 0 Å². The summed E-state index contributed by atoms with van der Waals surface area (Å²) in [6.45, 7) is 1.95. The first-order valence-corrected chi connectivity index (χ1v) is 10.5. The van der Waals surface area contributed by atoms with Gasteiger partial charge in [0.2, 0.25) is 10.0 Å². The maximum atomic E-state index is 12.9. The van der Waals surface area contributed by atoms with E-state index in [9.17, 15) is 13.2 Å². The van der Waals surface area contributed by atoms with Crippen molar-refractivity contribution in [2.75, 3.05) is 38.2 Å². The van der Waals surface area contributed by atoms with Gasteiger partial charge in [-0.05, 0) is 35.9 Å². The predicted molar refractivity (Wildman–Crippen MR) is 109 cm³/mol. The number of piperazine rings is 1. The maximum Gasteiger partial charge on any atom is 0.267 e. The molecule has 0 aromatic heterocycles. The lowest BCUT2D eigenvalue weighted by Gasteiger charge is -2.35. The second-order valence-electron chi connectivity index (χ2n) is 6.47. The average molecular weight is 417 g/mol. The standard InChI is InChI=1S/C20H23N3O5S/c1-28-18-4-2-3-17(15-18)22-11-13-23(14-12-22)29(26,27)19-8-5-16(6-9-19)7-10-20(24)21-25/h2-10,15,25H,11-14H2,1H3,(H,21,24). The minimum Gasteiger partial charge on any atom is -0.497 e. The number of hydrogen-bond acceptors (Lipinski definition) is 6. The summed E-state index contributed by atoms with van der Waals surface area (Å²) in [5, 5.41) is 8.48. The summed E-state index contributed by atoms with van der Waals surface area (Å²) >= 11 is 0. The molecule has 8 nitrogen and oxygen atoms in total. The lowest BCUT2D eigenvalue weighted by Crippen LogP contribution is -2.48. The van der Waals surface area contributed by atoms with Gasteiger partial charge in [-0.3, -0.25) is 10.0 Å². The van der Waals surface area contributed by atoms with E-state index in [-0.39, 0.29) is 4.90 Å². The highest BCUT2D eigenvalue weighted by Gasteiger charge is 2.28. The lowest BCUT2D eigenvalue weighted by atomic mass is 10.2. The third kappa shape index (κ3) is 4.94. The summed E-state index contributed by atoms with van der Waals surface area (Å²) in [6.07, 6.45) is 2.64. The molecular formula is C20H23N3O5S. The zero-order valence-electron chi connectivity index (χ0n) is 16.0. The van der Waals surface area contributed by atoms with E-state index in [0.717, 1.165) is 17.5 Å². The number of hydrogen-bond donors (Lipinski definition) is 2. The van der Waals surface area contributed by atoms with E-state index in [1.165, 1.54) is 28.0 Å². The number of benzene rings is 2. The molecule has 0 saturated carbocycles. The zero-order valence-corrected chi connectivity index (χ0v) is 16.8. The van der Waals surface area contributed by atoms with E-state index in [1.807, 2.05) is 24.3 Å². The molecule has 3 rings (SSSR count). The number of carbonyl (C=O) groups is 1. The number of hydroxylamine groups is 1. The van der Waals surface area contributed by atoms with Crippen molar-refractivity contribution in [1.82, 2.24) is 9.79 Å². The van der Waals surface area contributed by atoms with Crippen molar-refractivity contribution in [1.29, 1.82) is 0 Å². The number of anilines is 1. The van der Waals surface area contributed by atoms with Crippen molar-refractivity contribution < 1.29 is 23.2 Å². The van der Waals surface area contributed by atoms with Crippen molar-refractivity contribution in [3.8, 4) is 5.75 Å². The van der Waals surface area contributed by atoms with Crippen molar-refractivity contribution in [3.63, 3.8) is 0 Å². The second kappa shape index (κ2) is 9.08. The Balaban J connectivity index is 1.66. The Kier molecular flexibility index (Phi) is 6.53. The van der Waals surface area contributed by atoms with Crippen LogP contribution in [0.25, 0.3) is 6.08 Å². The van der Waals surface area contributed by atoms with Crippen LogP contribution in [-0.4, -0.2) is 57.1 Å². The zero-order chi connectivity index (χ0) is 20.9. The van der Waals surface area contributed by atoms with Gasteiger partial charge in [-0.1, -0.05) is 18.2 Å². The number of sulfonamides is 1. The molecule has 154 valence electrons. The fourth-order valence-corrected chi connectivity index (χ4v) is 4.53. The number of nitrogens with one attached hydrogen (secondary N) is 1. The highest BCUT2D eigenvalue weighted by molar-refractivity contribution is 7.89. The fourth-order valence-electron chi connectivity index (χ4n) is 3.10. The van der Waals surface area contributed by atoms with Crippen molar-refractivity contribution in [2.45, 2.75) is 4.90 Å². The summed E-state index contributed by atoms with van der Waals surface area (Å²) in [7, 11) is -1.98. The van der Waals surface area contributed by atoms with Crippen LogP contribution in [0.15, 0.2) is 59.5 Å². The van der Waals surface area contributed by atoms with Crippen LogP contribution in [0.1, 0.15) is 5.56 Å². The van der Waals surface area contributed by atoms with E-state index < -0.39 is 15.9 Å². The minimum atomic E-state index is -3.59. The summed E-state index contributed by atoms with van der Waals surface area (Å²) < 4.78 is 32.6. The van der Waals surface area contributed by atoms with E-state index in [0.29, 0.717) is 31.7 Å². The van der Waals surface area contributed by atoms with Crippen molar-refractivity contribution >= 4 is 27.7 Å². The normalized spacial score (nSPS) is 15.4. The number of rotatable bonds is 6. The highest BCUT2D eigenvalue weighted by Crippen LogP contribution is 2.24. The third-order valence-corrected chi connectivity index (χ3v) is 6.63. The molecule has 0 aliphatic carbocycles. The molecule has 0 bridgehead atoms. The van der Waals surface area contributed by atoms with Crippen LogP contribution in [0.2, 0.25) is 0 Å².